The standard InChI is InChI=1S/C16H14N4O3S/c1-22-15(21)11-7-8-18-14(9-11)23-13-5-3-12(4-6-13)20-16(24-2)19-10-17/h3-9H,1-2H3,(H,19,20). The summed E-state index contributed by atoms with van der Waals surface area (Å²) in [5.41, 5.74) is 1.03. The lowest BCUT2D eigenvalue weighted by molar-refractivity contribution is 0.0600. The predicted octanol–water partition coefficient (Wildman–Crippen LogP) is 3.08. The van der Waals surface area contributed by atoms with Crippen LogP contribution in [0.15, 0.2) is 47.6 Å². The van der Waals surface area contributed by atoms with E-state index < -0.39 is 5.97 Å². The molecule has 7 nitrogen and oxygen atoms in total. The summed E-state index contributed by atoms with van der Waals surface area (Å²) in [6.45, 7) is 0. The van der Waals surface area contributed by atoms with E-state index in [4.69, 9.17) is 10.00 Å². The van der Waals surface area contributed by atoms with E-state index in [1.165, 1.54) is 31.1 Å². The Bertz CT molecular complexity index is 785. The van der Waals surface area contributed by atoms with Gasteiger partial charge in [0.15, 0.2) is 11.4 Å². The molecule has 0 saturated carbocycles. The first kappa shape index (κ1) is 17.3. The lowest BCUT2D eigenvalue weighted by Gasteiger charge is -2.06. The summed E-state index contributed by atoms with van der Waals surface area (Å²) in [5.74, 6) is 0.369. The molecule has 8 heteroatoms. The molecule has 0 unspecified atom stereocenters. The normalized spacial score (nSPS) is 10.6. The Morgan fingerprint density at radius 1 is 1.33 bits per heavy atom. The van der Waals surface area contributed by atoms with E-state index in [2.05, 4.69) is 20.0 Å². The third-order valence-corrected chi connectivity index (χ3v) is 3.38. The van der Waals surface area contributed by atoms with E-state index in [0.717, 1.165) is 0 Å². The van der Waals surface area contributed by atoms with E-state index in [1.807, 2.05) is 12.4 Å². The topological polar surface area (TPSA) is 96.6 Å². The van der Waals surface area contributed by atoms with Gasteiger partial charge in [-0.25, -0.2) is 14.8 Å². The van der Waals surface area contributed by atoms with Crippen LogP contribution in [0.3, 0.4) is 0 Å². The van der Waals surface area contributed by atoms with Crippen molar-refractivity contribution in [3.8, 4) is 17.8 Å². The first-order valence-corrected chi connectivity index (χ1v) is 7.99. The fourth-order valence-corrected chi connectivity index (χ4v) is 2.05. The predicted molar refractivity (Wildman–Crippen MR) is 91.5 cm³/mol. The van der Waals surface area contributed by atoms with Gasteiger partial charge >= 0.3 is 5.97 Å². The molecule has 122 valence electrons. The SMILES string of the molecule is COC(=O)c1ccnc(Oc2ccc(N=C(NC#N)SC)cc2)c1. The molecule has 0 aliphatic rings. The average molecular weight is 342 g/mol. The Labute approximate surface area is 143 Å². The molecule has 0 atom stereocenters. The van der Waals surface area contributed by atoms with Gasteiger partial charge in [0, 0.05) is 12.3 Å². The zero-order valence-electron chi connectivity index (χ0n) is 13.0. The third kappa shape index (κ3) is 4.72. The van der Waals surface area contributed by atoms with Gasteiger partial charge in [0.2, 0.25) is 5.88 Å². The molecule has 24 heavy (non-hydrogen) atoms. The van der Waals surface area contributed by atoms with Gasteiger partial charge in [0.1, 0.15) is 5.75 Å². The second-order valence-electron chi connectivity index (χ2n) is 4.33. The largest absolute Gasteiger partial charge is 0.465 e. The van der Waals surface area contributed by atoms with Gasteiger partial charge in [-0.05, 0) is 36.6 Å². The van der Waals surface area contributed by atoms with Crippen molar-refractivity contribution in [2.75, 3.05) is 13.4 Å². The lowest BCUT2D eigenvalue weighted by Crippen LogP contribution is -2.12. The van der Waals surface area contributed by atoms with Crippen molar-refractivity contribution >= 4 is 28.6 Å². The molecule has 1 aromatic heterocycles. The Morgan fingerprint density at radius 3 is 2.71 bits per heavy atom. The summed E-state index contributed by atoms with van der Waals surface area (Å²) < 4.78 is 10.3. The molecule has 0 bridgehead atoms. The van der Waals surface area contributed by atoms with E-state index in [0.29, 0.717) is 22.2 Å². The van der Waals surface area contributed by atoms with Crippen LogP contribution in [-0.2, 0) is 4.74 Å². The molecule has 0 aliphatic heterocycles. The zero-order valence-corrected chi connectivity index (χ0v) is 13.8. The molecule has 0 saturated heterocycles. The molecule has 0 amide bonds. The molecule has 0 fully saturated rings. The van der Waals surface area contributed by atoms with Crippen molar-refractivity contribution in [3.05, 3.63) is 48.2 Å². The van der Waals surface area contributed by atoms with Crippen LogP contribution in [-0.4, -0.2) is 29.5 Å². The van der Waals surface area contributed by atoms with Gasteiger partial charge < -0.3 is 9.47 Å². The summed E-state index contributed by atoms with van der Waals surface area (Å²) in [5, 5.41) is 11.6. The van der Waals surface area contributed by atoms with Crippen molar-refractivity contribution in [1.29, 1.82) is 5.26 Å². The van der Waals surface area contributed by atoms with Crippen LogP contribution >= 0.6 is 11.8 Å². The van der Waals surface area contributed by atoms with Crippen molar-refractivity contribution < 1.29 is 14.3 Å². The minimum atomic E-state index is -0.457. The first-order valence-electron chi connectivity index (χ1n) is 6.76. The Kier molecular flexibility index (Phi) is 6.16. The van der Waals surface area contributed by atoms with Crippen LogP contribution < -0.4 is 10.1 Å². The van der Waals surface area contributed by atoms with E-state index in [-0.39, 0.29) is 5.88 Å². The number of aliphatic imine (C=N–C) groups is 1. The fourth-order valence-electron chi connectivity index (χ4n) is 1.71. The van der Waals surface area contributed by atoms with Gasteiger partial charge in [-0.3, -0.25) is 5.32 Å². The van der Waals surface area contributed by atoms with Crippen molar-refractivity contribution in [1.82, 2.24) is 10.3 Å². The molecule has 1 heterocycles. The van der Waals surface area contributed by atoms with Gasteiger partial charge in [-0.2, -0.15) is 5.26 Å². The van der Waals surface area contributed by atoms with Crippen LogP contribution in [0.5, 0.6) is 11.6 Å². The van der Waals surface area contributed by atoms with E-state index >= 15 is 0 Å². The summed E-state index contributed by atoms with van der Waals surface area (Å²) in [6.07, 6.45) is 5.12. The first-order chi connectivity index (χ1) is 11.7. The monoisotopic (exact) mass is 342 g/mol. The third-order valence-electron chi connectivity index (χ3n) is 2.80. The zero-order chi connectivity index (χ0) is 17.4. The number of nitrogens with zero attached hydrogens (tertiary/aromatic N) is 3. The second kappa shape index (κ2) is 8.55. The Morgan fingerprint density at radius 2 is 2.08 bits per heavy atom. The smallest absolute Gasteiger partial charge is 0.338 e. The molecule has 0 aliphatic carbocycles. The number of nitriles is 1. The highest BCUT2D eigenvalue weighted by Gasteiger charge is 2.08. The number of hydrogen-bond donors (Lipinski definition) is 1. The molecule has 1 N–H and O–H groups in total. The number of thioether (sulfide) groups is 1. The number of pyridine rings is 1. The number of rotatable bonds is 4. The minimum Gasteiger partial charge on any atom is -0.465 e. The number of carbonyl (C=O) groups is 1. The fraction of sp³-hybridized carbons (Fsp3) is 0.125. The van der Waals surface area contributed by atoms with Gasteiger partial charge in [0.05, 0.1) is 18.4 Å². The molecule has 0 radical (unpaired) electrons. The summed E-state index contributed by atoms with van der Waals surface area (Å²) >= 11 is 1.33. The molecule has 2 aromatic rings. The van der Waals surface area contributed by atoms with Crippen LogP contribution in [0, 0.1) is 11.5 Å². The summed E-state index contributed by atoms with van der Waals surface area (Å²) in [6, 6.07) is 9.97. The molecule has 1 aromatic carbocycles. The van der Waals surface area contributed by atoms with Crippen molar-refractivity contribution in [2.45, 2.75) is 0 Å². The van der Waals surface area contributed by atoms with E-state index in [9.17, 15) is 4.79 Å². The number of carbonyl (C=O) groups excluding carboxylic acids is 1. The molecule has 2 rings (SSSR count). The minimum absolute atomic E-state index is 0.283. The van der Waals surface area contributed by atoms with Crippen LogP contribution in [0.25, 0.3) is 0 Å². The number of benzene rings is 1. The number of esters is 1. The van der Waals surface area contributed by atoms with Crippen LogP contribution in [0.1, 0.15) is 10.4 Å². The quantitative estimate of drug-likeness (QED) is 0.300. The average Bonchev–Trinajstić information content (AvgIpc) is 2.62. The second-order valence-corrected chi connectivity index (χ2v) is 5.12. The highest BCUT2D eigenvalue weighted by molar-refractivity contribution is 8.13. The van der Waals surface area contributed by atoms with Crippen LogP contribution in [0.4, 0.5) is 5.69 Å². The van der Waals surface area contributed by atoms with Gasteiger partial charge in [-0.1, -0.05) is 11.8 Å². The highest BCUT2D eigenvalue weighted by atomic mass is 32.2. The molecular formula is C16H14N4O3S. The summed E-state index contributed by atoms with van der Waals surface area (Å²) in [4.78, 5) is 19.8. The van der Waals surface area contributed by atoms with Crippen molar-refractivity contribution in [2.24, 2.45) is 4.99 Å². The number of aromatic nitrogens is 1. The lowest BCUT2D eigenvalue weighted by atomic mass is 10.2. The van der Waals surface area contributed by atoms with Gasteiger partial charge in [0.25, 0.3) is 0 Å². The number of ether oxygens (including phenoxy) is 2. The van der Waals surface area contributed by atoms with Crippen molar-refractivity contribution in [3.63, 3.8) is 0 Å². The number of nitrogens with one attached hydrogen (secondary N) is 1. The van der Waals surface area contributed by atoms with E-state index in [1.54, 1.807) is 30.3 Å². The summed E-state index contributed by atoms with van der Waals surface area (Å²) in [7, 11) is 1.31. The van der Waals surface area contributed by atoms with Gasteiger partial charge in [-0.15, -0.1) is 0 Å². The molecular weight excluding hydrogens is 328 g/mol. The number of hydrogen-bond acceptors (Lipinski definition) is 7. The highest BCUT2D eigenvalue weighted by Crippen LogP contribution is 2.23. The number of methoxy groups -OCH3 is 1. The Hall–Kier alpha value is -3.05. The maximum absolute atomic E-state index is 11.5. The van der Waals surface area contributed by atoms with Crippen LogP contribution in [0.2, 0.25) is 0 Å². The number of amidine groups is 1. The molecule has 0 spiro atoms. The maximum Gasteiger partial charge on any atom is 0.338 e. The Balaban J connectivity index is 2.12. The maximum atomic E-state index is 11.5.